The van der Waals surface area contributed by atoms with Gasteiger partial charge in [0.15, 0.2) is 5.65 Å². The summed E-state index contributed by atoms with van der Waals surface area (Å²) in [4.78, 5) is 14.6. The van der Waals surface area contributed by atoms with E-state index in [9.17, 15) is 13.6 Å². The fourth-order valence-corrected chi connectivity index (χ4v) is 3.52. The number of halogens is 2. The number of hydrogen-bond acceptors (Lipinski definition) is 4. The summed E-state index contributed by atoms with van der Waals surface area (Å²) in [5.41, 5.74) is 0.899. The molecule has 1 aromatic carbocycles. The van der Waals surface area contributed by atoms with Crippen molar-refractivity contribution in [3.05, 3.63) is 60.0 Å². The topological polar surface area (TPSA) is 59.7 Å². The molecule has 2 aromatic heterocycles. The zero-order valence-electron chi connectivity index (χ0n) is 14.5. The number of ether oxygens (including phenoxy) is 1. The zero-order valence-corrected chi connectivity index (χ0v) is 14.5. The average molecular weight is 372 g/mol. The minimum atomic E-state index is -2.98. The number of hydrogen-bond donors (Lipinski definition) is 0. The summed E-state index contributed by atoms with van der Waals surface area (Å²) in [7, 11) is 0. The van der Waals surface area contributed by atoms with Crippen molar-refractivity contribution in [2.45, 2.75) is 25.4 Å². The molecule has 8 heteroatoms. The Kier molecular flexibility index (Phi) is 4.70. The molecule has 0 radical (unpaired) electrons. The van der Waals surface area contributed by atoms with Gasteiger partial charge in [0, 0.05) is 25.2 Å². The Balaban J connectivity index is 1.58. The second kappa shape index (κ2) is 7.30. The van der Waals surface area contributed by atoms with Crippen LogP contribution in [0.3, 0.4) is 0 Å². The third kappa shape index (κ3) is 3.47. The van der Waals surface area contributed by atoms with E-state index in [1.54, 1.807) is 17.0 Å². The molecule has 1 atom stereocenters. The van der Waals surface area contributed by atoms with Crippen molar-refractivity contribution in [1.29, 1.82) is 0 Å². The lowest BCUT2D eigenvalue weighted by molar-refractivity contribution is -0.0503. The van der Waals surface area contributed by atoms with Crippen LogP contribution in [-0.4, -0.2) is 45.1 Å². The Hall–Kier alpha value is -3.03. The lowest BCUT2D eigenvalue weighted by Crippen LogP contribution is -2.39. The number of likely N-dealkylation sites (tertiary alicyclic amines) is 1. The van der Waals surface area contributed by atoms with Crippen LogP contribution in [0.1, 0.15) is 34.9 Å². The number of carbonyl (C=O) groups excluding carboxylic acids is 1. The summed E-state index contributed by atoms with van der Waals surface area (Å²) in [5.74, 6) is 0.417. The van der Waals surface area contributed by atoms with Crippen molar-refractivity contribution < 1.29 is 18.3 Å². The number of pyridine rings is 1. The number of carbonyl (C=O) groups is 1. The minimum Gasteiger partial charge on any atom is -0.434 e. The van der Waals surface area contributed by atoms with Crippen molar-refractivity contribution in [3.8, 4) is 5.75 Å². The molecule has 1 saturated heterocycles. The number of amides is 1. The molecule has 0 saturated carbocycles. The third-order valence-electron chi connectivity index (χ3n) is 4.75. The maximum Gasteiger partial charge on any atom is 0.387 e. The highest BCUT2D eigenvalue weighted by Crippen LogP contribution is 2.29. The van der Waals surface area contributed by atoms with E-state index in [1.165, 1.54) is 12.1 Å². The molecule has 0 N–H and O–H groups in total. The van der Waals surface area contributed by atoms with Crippen molar-refractivity contribution in [2.24, 2.45) is 0 Å². The lowest BCUT2D eigenvalue weighted by atomic mass is 9.96. The first-order chi connectivity index (χ1) is 13.1. The monoisotopic (exact) mass is 372 g/mol. The van der Waals surface area contributed by atoms with Gasteiger partial charge >= 0.3 is 6.61 Å². The van der Waals surface area contributed by atoms with Crippen LogP contribution in [0.2, 0.25) is 0 Å². The van der Waals surface area contributed by atoms with Crippen molar-refractivity contribution in [1.82, 2.24) is 19.5 Å². The molecule has 3 aromatic rings. The van der Waals surface area contributed by atoms with Crippen LogP contribution in [0.25, 0.3) is 5.65 Å². The second-order valence-electron chi connectivity index (χ2n) is 6.45. The first kappa shape index (κ1) is 17.4. The summed E-state index contributed by atoms with van der Waals surface area (Å²) in [6, 6.07) is 11.8. The zero-order chi connectivity index (χ0) is 18.8. The smallest absolute Gasteiger partial charge is 0.387 e. The average Bonchev–Trinajstić information content (AvgIpc) is 3.12. The number of para-hydroxylation sites is 1. The molecule has 140 valence electrons. The molecule has 1 aliphatic heterocycles. The molecular formula is C19H18F2N4O2. The van der Waals surface area contributed by atoms with Crippen LogP contribution in [0.15, 0.2) is 48.7 Å². The quantitative estimate of drug-likeness (QED) is 0.705. The highest BCUT2D eigenvalue weighted by atomic mass is 19.3. The maximum absolute atomic E-state index is 12.9. The summed E-state index contributed by atoms with van der Waals surface area (Å²) in [6.07, 6.45) is 3.59. The van der Waals surface area contributed by atoms with Gasteiger partial charge in [-0.25, -0.2) is 0 Å². The number of benzene rings is 1. The van der Waals surface area contributed by atoms with Crippen LogP contribution < -0.4 is 4.74 Å². The van der Waals surface area contributed by atoms with E-state index in [0.29, 0.717) is 13.1 Å². The summed E-state index contributed by atoms with van der Waals surface area (Å²) >= 11 is 0. The summed E-state index contributed by atoms with van der Waals surface area (Å²) < 4.78 is 31.7. The Morgan fingerprint density at radius 2 is 1.96 bits per heavy atom. The Labute approximate surface area is 154 Å². The number of aromatic nitrogens is 3. The molecule has 1 aliphatic rings. The molecule has 3 heterocycles. The summed E-state index contributed by atoms with van der Waals surface area (Å²) in [5, 5.41) is 8.47. The number of piperidine rings is 1. The van der Waals surface area contributed by atoms with E-state index >= 15 is 0 Å². The van der Waals surface area contributed by atoms with Crippen LogP contribution in [0, 0.1) is 0 Å². The van der Waals surface area contributed by atoms with E-state index in [1.807, 2.05) is 28.8 Å². The highest BCUT2D eigenvalue weighted by Gasteiger charge is 2.29. The van der Waals surface area contributed by atoms with Gasteiger partial charge in [-0.05, 0) is 37.1 Å². The van der Waals surface area contributed by atoms with Gasteiger partial charge < -0.3 is 9.64 Å². The Morgan fingerprint density at radius 1 is 1.15 bits per heavy atom. The minimum absolute atomic E-state index is 0.0308. The van der Waals surface area contributed by atoms with Gasteiger partial charge in [0.25, 0.3) is 5.91 Å². The standard InChI is InChI=1S/C19H18F2N4O2/c20-19(21)27-15-8-2-1-7-14(15)18(26)24-10-5-6-13(12-24)17-23-22-16-9-3-4-11-25(16)17/h1-4,7-9,11,13,19H,5-6,10,12H2/t13-/m0/s1. The van der Waals surface area contributed by atoms with Gasteiger partial charge in [-0.15, -0.1) is 10.2 Å². The Bertz CT molecular complexity index is 960. The van der Waals surface area contributed by atoms with E-state index < -0.39 is 6.61 Å². The van der Waals surface area contributed by atoms with Gasteiger partial charge in [0.2, 0.25) is 0 Å². The van der Waals surface area contributed by atoms with Gasteiger partial charge in [-0.3, -0.25) is 9.20 Å². The third-order valence-corrected chi connectivity index (χ3v) is 4.75. The number of rotatable bonds is 4. The first-order valence-electron chi connectivity index (χ1n) is 8.76. The van der Waals surface area contributed by atoms with Crippen LogP contribution in [0.4, 0.5) is 8.78 Å². The molecule has 6 nitrogen and oxygen atoms in total. The highest BCUT2D eigenvalue weighted by molar-refractivity contribution is 5.97. The maximum atomic E-state index is 12.9. The van der Waals surface area contributed by atoms with Gasteiger partial charge in [0.05, 0.1) is 5.56 Å². The molecule has 0 aliphatic carbocycles. The van der Waals surface area contributed by atoms with Gasteiger partial charge in [0.1, 0.15) is 11.6 Å². The largest absolute Gasteiger partial charge is 0.434 e. The molecule has 0 bridgehead atoms. The van der Waals surface area contributed by atoms with Gasteiger partial charge in [-0.1, -0.05) is 18.2 Å². The van der Waals surface area contributed by atoms with E-state index in [2.05, 4.69) is 14.9 Å². The first-order valence-corrected chi connectivity index (χ1v) is 8.76. The van der Waals surface area contributed by atoms with E-state index in [0.717, 1.165) is 24.3 Å². The van der Waals surface area contributed by atoms with Crippen molar-refractivity contribution >= 4 is 11.6 Å². The normalized spacial score (nSPS) is 17.4. The van der Waals surface area contributed by atoms with E-state index in [4.69, 9.17) is 0 Å². The van der Waals surface area contributed by atoms with Crippen LogP contribution >= 0.6 is 0 Å². The molecule has 27 heavy (non-hydrogen) atoms. The number of nitrogens with zero attached hydrogens (tertiary/aromatic N) is 4. The SMILES string of the molecule is O=C(c1ccccc1OC(F)F)N1CCC[C@H](c2nnc3ccccn23)C1. The molecular weight excluding hydrogens is 354 g/mol. The molecule has 4 rings (SSSR count). The fraction of sp³-hybridized carbons (Fsp3) is 0.316. The predicted molar refractivity (Wildman–Crippen MR) is 93.9 cm³/mol. The van der Waals surface area contributed by atoms with E-state index in [-0.39, 0.29) is 23.1 Å². The summed E-state index contributed by atoms with van der Waals surface area (Å²) in [6.45, 7) is -1.96. The number of alkyl halides is 2. The van der Waals surface area contributed by atoms with Crippen molar-refractivity contribution in [2.75, 3.05) is 13.1 Å². The number of fused-ring (bicyclic) bond motifs is 1. The molecule has 1 fully saturated rings. The lowest BCUT2D eigenvalue weighted by Gasteiger charge is -2.32. The van der Waals surface area contributed by atoms with Crippen LogP contribution in [-0.2, 0) is 0 Å². The van der Waals surface area contributed by atoms with Crippen molar-refractivity contribution in [3.63, 3.8) is 0 Å². The second-order valence-corrected chi connectivity index (χ2v) is 6.45. The predicted octanol–water partition coefficient (Wildman–Crippen LogP) is 3.35. The molecule has 0 unspecified atom stereocenters. The Morgan fingerprint density at radius 3 is 2.81 bits per heavy atom. The van der Waals surface area contributed by atoms with Gasteiger partial charge in [-0.2, -0.15) is 8.78 Å². The molecule has 0 spiro atoms. The molecule has 1 amide bonds. The fourth-order valence-electron chi connectivity index (χ4n) is 3.52. The van der Waals surface area contributed by atoms with Crippen LogP contribution in [0.5, 0.6) is 5.75 Å².